The van der Waals surface area contributed by atoms with Crippen molar-refractivity contribution in [2.75, 3.05) is 19.7 Å². The number of nitrogens with one attached hydrogen (secondary N) is 1. The van der Waals surface area contributed by atoms with Gasteiger partial charge in [0, 0.05) is 19.6 Å². The first-order valence-electron chi connectivity index (χ1n) is 8.67. The van der Waals surface area contributed by atoms with Crippen LogP contribution < -0.4 is 5.32 Å². The minimum atomic E-state index is -0.0782. The van der Waals surface area contributed by atoms with Gasteiger partial charge in [0.1, 0.15) is 5.76 Å². The Balaban J connectivity index is 1.44. The Morgan fingerprint density at radius 2 is 2.12 bits per heavy atom. The zero-order valence-electron chi connectivity index (χ0n) is 14.8. The predicted molar refractivity (Wildman–Crippen MR) is 93.9 cm³/mol. The summed E-state index contributed by atoms with van der Waals surface area (Å²) in [6, 6.07) is 10.4. The highest BCUT2D eigenvalue weighted by atomic mass is 16.5. The molecule has 2 aromatic rings. The minimum Gasteiger partial charge on any atom is -0.444 e. The third-order valence-electron chi connectivity index (χ3n) is 4.39. The maximum absolute atomic E-state index is 12.2. The summed E-state index contributed by atoms with van der Waals surface area (Å²) in [6.45, 7) is 7.27. The van der Waals surface area contributed by atoms with E-state index < -0.39 is 0 Å². The molecule has 3 rings (SSSR count). The zero-order valence-corrected chi connectivity index (χ0v) is 14.8. The Morgan fingerprint density at radius 1 is 1.32 bits per heavy atom. The first kappa shape index (κ1) is 17.6. The van der Waals surface area contributed by atoms with E-state index in [2.05, 4.69) is 27.3 Å². The van der Waals surface area contributed by atoms with E-state index in [4.69, 9.17) is 9.15 Å². The van der Waals surface area contributed by atoms with Crippen LogP contribution in [0.25, 0.3) is 0 Å². The van der Waals surface area contributed by atoms with Crippen molar-refractivity contribution >= 4 is 5.91 Å². The molecule has 6 nitrogen and oxygen atoms in total. The Labute approximate surface area is 148 Å². The number of aryl methyl sites for hydroxylation is 2. The summed E-state index contributed by atoms with van der Waals surface area (Å²) in [6.07, 6.45) is 0.273. The molecule has 1 aliphatic rings. The average molecular weight is 343 g/mol. The Bertz CT molecular complexity index is 680. The van der Waals surface area contributed by atoms with Gasteiger partial charge in [-0.1, -0.05) is 30.3 Å². The summed E-state index contributed by atoms with van der Waals surface area (Å²) in [4.78, 5) is 18.8. The maximum atomic E-state index is 12.2. The van der Waals surface area contributed by atoms with Crippen LogP contribution in [0.5, 0.6) is 0 Å². The molecule has 1 aromatic heterocycles. The molecule has 0 unspecified atom stereocenters. The van der Waals surface area contributed by atoms with E-state index in [1.807, 2.05) is 32.0 Å². The van der Waals surface area contributed by atoms with Crippen LogP contribution in [-0.2, 0) is 22.6 Å². The fraction of sp³-hybridized carbons (Fsp3) is 0.474. The lowest BCUT2D eigenvalue weighted by atomic mass is 10.1. The average Bonchev–Trinajstić information content (AvgIpc) is 2.92. The largest absolute Gasteiger partial charge is 0.444 e. The summed E-state index contributed by atoms with van der Waals surface area (Å²) in [5, 5.41) is 2.86. The lowest BCUT2D eigenvalue weighted by molar-refractivity contribution is -0.126. The number of hydrogen-bond donors (Lipinski definition) is 1. The lowest BCUT2D eigenvalue weighted by Gasteiger charge is -2.32. The van der Waals surface area contributed by atoms with Crippen molar-refractivity contribution < 1.29 is 13.9 Å². The van der Waals surface area contributed by atoms with Crippen molar-refractivity contribution in [3.63, 3.8) is 0 Å². The highest BCUT2D eigenvalue weighted by Crippen LogP contribution is 2.13. The van der Waals surface area contributed by atoms with E-state index in [1.165, 1.54) is 5.56 Å². The summed E-state index contributed by atoms with van der Waals surface area (Å²) < 4.78 is 11.2. The molecular formula is C19H25N3O3. The van der Waals surface area contributed by atoms with Crippen LogP contribution in [0.1, 0.15) is 29.3 Å². The summed E-state index contributed by atoms with van der Waals surface area (Å²) in [5.74, 6) is 1.29. The number of amides is 1. The molecule has 0 radical (unpaired) electrons. The van der Waals surface area contributed by atoms with Gasteiger partial charge < -0.3 is 14.5 Å². The quantitative estimate of drug-likeness (QED) is 0.871. The molecule has 0 bridgehead atoms. The topological polar surface area (TPSA) is 67.6 Å². The van der Waals surface area contributed by atoms with E-state index in [1.54, 1.807) is 0 Å². The molecule has 0 aliphatic carbocycles. The van der Waals surface area contributed by atoms with E-state index >= 15 is 0 Å². The van der Waals surface area contributed by atoms with Crippen LogP contribution in [0.4, 0.5) is 0 Å². The first-order chi connectivity index (χ1) is 12.1. The van der Waals surface area contributed by atoms with Crippen molar-refractivity contribution in [1.82, 2.24) is 15.2 Å². The molecule has 25 heavy (non-hydrogen) atoms. The Morgan fingerprint density at radius 3 is 2.84 bits per heavy atom. The third-order valence-corrected chi connectivity index (χ3v) is 4.39. The SMILES string of the molecule is Cc1nc(CNC(=O)C[C@@H]2CN(Cc3ccccc3)CCO2)oc1C. The van der Waals surface area contributed by atoms with E-state index in [9.17, 15) is 4.79 Å². The molecule has 1 amide bonds. The molecule has 2 heterocycles. The standard InChI is InChI=1S/C19H25N3O3/c1-14-15(2)25-19(21-14)11-20-18(23)10-17-13-22(8-9-24-17)12-16-6-4-3-5-7-16/h3-7,17H,8-13H2,1-2H3,(H,20,23)/t17-/m1/s1. The van der Waals surface area contributed by atoms with E-state index in [0.29, 0.717) is 25.5 Å². The van der Waals surface area contributed by atoms with Crippen LogP contribution in [0, 0.1) is 13.8 Å². The lowest BCUT2D eigenvalue weighted by Crippen LogP contribution is -2.44. The first-order valence-corrected chi connectivity index (χ1v) is 8.67. The molecule has 1 N–H and O–H groups in total. The highest BCUT2D eigenvalue weighted by molar-refractivity contribution is 5.76. The molecule has 0 spiro atoms. The maximum Gasteiger partial charge on any atom is 0.223 e. The third kappa shape index (κ3) is 5.14. The number of rotatable bonds is 6. The van der Waals surface area contributed by atoms with Gasteiger partial charge in [0.05, 0.1) is 31.4 Å². The number of benzene rings is 1. The van der Waals surface area contributed by atoms with Gasteiger partial charge in [0.25, 0.3) is 0 Å². The van der Waals surface area contributed by atoms with Crippen molar-refractivity contribution in [3.8, 4) is 0 Å². The van der Waals surface area contributed by atoms with Crippen molar-refractivity contribution in [3.05, 3.63) is 53.2 Å². The molecule has 1 fully saturated rings. The van der Waals surface area contributed by atoms with Gasteiger partial charge in [-0.25, -0.2) is 4.98 Å². The highest BCUT2D eigenvalue weighted by Gasteiger charge is 2.23. The summed E-state index contributed by atoms with van der Waals surface area (Å²) in [7, 11) is 0. The predicted octanol–water partition coefficient (Wildman–Crippen LogP) is 2.20. The number of carbonyl (C=O) groups excluding carboxylic acids is 1. The van der Waals surface area contributed by atoms with Gasteiger partial charge in [-0.05, 0) is 19.4 Å². The van der Waals surface area contributed by atoms with Gasteiger partial charge in [-0.15, -0.1) is 0 Å². The van der Waals surface area contributed by atoms with Crippen LogP contribution in [0.15, 0.2) is 34.7 Å². The molecule has 1 saturated heterocycles. The second-order valence-corrected chi connectivity index (χ2v) is 6.44. The van der Waals surface area contributed by atoms with Gasteiger partial charge in [-0.2, -0.15) is 0 Å². The van der Waals surface area contributed by atoms with Gasteiger partial charge in [0.15, 0.2) is 0 Å². The minimum absolute atomic E-state index is 0.0416. The number of aromatic nitrogens is 1. The fourth-order valence-corrected chi connectivity index (χ4v) is 2.96. The van der Waals surface area contributed by atoms with Crippen LogP contribution >= 0.6 is 0 Å². The molecule has 134 valence electrons. The van der Waals surface area contributed by atoms with Gasteiger partial charge >= 0.3 is 0 Å². The summed E-state index contributed by atoms with van der Waals surface area (Å²) in [5.41, 5.74) is 2.14. The number of carbonyl (C=O) groups is 1. The van der Waals surface area contributed by atoms with Crippen LogP contribution in [0.3, 0.4) is 0 Å². The molecule has 1 atom stereocenters. The molecular weight excluding hydrogens is 318 g/mol. The molecule has 1 aromatic carbocycles. The second-order valence-electron chi connectivity index (χ2n) is 6.44. The van der Waals surface area contributed by atoms with Crippen molar-refractivity contribution in [1.29, 1.82) is 0 Å². The number of nitrogens with zero attached hydrogens (tertiary/aromatic N) is 2. The van der Waals surface area contributed by atoms with Crippen molar-refractivity contribution in [2.45, 2.75) is 39.5 Å². The van der Waals surface area contributed by atoms with E-state index in [-0.39, 0.29) is 12.0 Å². The Hall–Kier alpha value is -2.18. The van der Waals surface area contributed by atoms with Gasteiger partial charge in [-0.3, -0.25) is 9.69 Å². The smallest absolute Gasteiger partial charge is 0.223 e. The van der Waals surface area contributed by atoms with Crippen LogP contribution in [0.2, 0.25) is 0 Å². The number of hydrogen-bond acceptors (Lipinski definition) is 5. The number of morpholine rings is 1. The Kier molecular flexibility index (Phi) is 5.83. The second kappa shape index (κ2) is 8.27. The molecule has 1 aliphatic heterocycles. The van der Waals surface area contributed by atoms with E-state index in [0.717, 1.165) is 31.1 Å². The molecule has 6 heteroatoms. The zero-order chi connectivity index (χ0) is 17.6. The normalized spacial score (nSPS) is 18.2. The van der Waals surface area contributed by atoms with Gasteiger partial charge in [0.2, 0.25) is 11.8 Å². The number of oxazole rings is 1. The molecule has 0 saturated carbocycles. The monoisotopic (exact) mass is 343 g/mol. The van der Waals surface area contributed by atoms with Crippen LogP contribution in [-0.4, -0.2) is 41.6 Å². The summed E-state index contributed by atoms with van der Waals surface area (Å²) >= 11 is 0. The van der Waals surface area contributed by atoms with Crippen molar-refractivity contribution in [2.24, 2.45) is 0 Å². The fourth-order valence-electron chi connectivity index (χ4n) is 2.96. The number of ether oxygens (including phenoxy) is 1.